The number of hydrogen-bond acceptors (Lipinski definition) is 6. The highest BCUT2D eigenvalue weighted by molar-refractivity contribution is 6.31. The molecule has 0 bridgehead atoms. The van der Waals surface area contributed by atoms with Crippen LogP contribution in [0.5, 0.6) is 0 Å². The largest absolute Gasteiger partial charge is 0.467 e. The Morgan fingerprint density at radius 3 is 2.65 bits per heavy atom. The molecular formula is C11H11ClN2O6. The summed E-state index contributed by atoms with van der Waals surface area (Å²) >= 11 is 5.67. The van der Waals surface area contributed by atoms with Gasteiger partial charge in [-0.15, -0.1) is 0 Å². The summed E-state index contributed by atoms with van der Waals surface area (Å²) in [4.78, 5) is 33.0. The van der Waals surface area contributed by atoms with E-state index in [2.05, 4.69) is 10.1 Å². The van der Waals surface area contributed by atoms with Crippen LogP contribution in [0.15, 0.2) is 18.2 Å². The molecule has 0 spiro atoms. The number of hydrogen-bond donors (Lipinski definition) is 2. The first-order valence-corrected chi connectivity index (χ1v) is 5.71. The Balaban J connectivity index is 2.97. The summed E-state index contributed by atoms with van der Waals surface area (Å²) < 4.78 is 4.38. The Kier molecular flexibility index (Phi) is 5.42. The molecule has 0 saturated carbocycles. The number of non-ortho nitro benzene ring substituents is 1. The number of methoxy groups -OCH3 is 1. The van der Waals surface area contributed by atoms with Gasteiger partial charge < -0.3 is 15.2 Å². The molecule has 1 amide bonds. The second-order valence-electron chi connectivity index (χ2n) is 3.69. The van der Waals surface area contributed by atoms with Gasteiger partial charge in [-0.05, 0) is 6.07 Å². The number of esters is 1. The molecule has 8 nitrogen and oxygen atoms in total. The topological polar surface area (TPSA) is 119 Å². The monoisotopic (exact) mass is 302 g/mol. The van der Waals surface area contributed by atoms with E-state index in [9.17, 15) is 19.7 Å². The SMILES string of the molecule is COC(=O)C(CO)NC(=O)c1cc(Cl)cc([N+](=O)[O-])c1. The predicted octanol–water partition coefficient (Wildman–Crippen LogP) is 0.512. The van der Waals surface area contributed by atoms with Crippen molar-refractivity contribution < 1.29 is 24.4 Å². The Morgan fingerprint density at radius 1 is 1.50 bits per heavy atom. The molecule has 1 unspecified atom stereocenters. The molecule has 0 fully saturated rings. The zero-order valence-electron chi connectivity index (χ0n) is 10.3. The molecule has 1 atom stereocenters. The molecule has 0 aromatic heterocycles. The van der Waals surface area contributed by atoms with Crippen LogP contribution in [0, 0.1) is 10.1 Å². The van der Waals surface area contributed by atoms with Crippen molar-refractivity contribution in [3.05, 3.63) is 38.9 Å². The van der Waals surface area contributed by atoms with Crippen molar-refractivity contribution in [3.63, 3.8) is 0 Å². The summed E-state index contributed by atoms with van der Waals surface area (Å²) in [6.45, 7) is -0.666. The third-order valence-electron chi connectivity index (χ3n) is 2.33. The molecule has 0 aliphatic heterocycles. The van der Waals surface area contributed by atoms with E-state index >= 15 is 0 Å². The molecule has 0 heterocycles. The Morgan fingerprint density at radius 2 is 2.15 bits per heavy atom. The maximum atomic E-state index is 11.9. The van der Waals surface area contributed by atoms with Crippen LogP contribution < -0.4 is 5.32 Å². The summed E-state index contributed by atoms with van der Waals surface area (Å²) in [6.07, 6.45) is 0. The number of nitro groups is 1. The number of halogens is 1. The van der Waals surface area contributed by atoms with Gasteiger partial charge in [0.2, 0.25) is 0 Å². The number of carbonyl (C=O) groups is 2. The number of ether oxygens (including phenoxy) is 1. The highest BCUT2D eigenvalue weighted by atomic mass is 35.5. The average molecular weight is 303 g/mol. The minimum Gasteiger partial charge on any atom is -0.467 e. The fourth-order valence-corrected chi connectivity index (χ4v) is 1.60. The third-order valence-corrected chi connectivity index (χ3v) is 2.55. The Hall–Kier alpha value is -2.19. The van der Waals surface area contributed by atoms with Crippen molar-refractivity contribution in [2.45, 2.75) is 6.04 Å². The quantitative estimate of drug-likeness (QED) is 0.465. The fraction of sp³-hybridized carbons (Fsp3) is 0.273. The lowest BCUT2D eigenvalue weighted by Crippen LogP contribution is -2.44. The van der Waals surface area contributed by atoms with E-state index in [1.165, 1.54) is 6.07 Å². The van der Waals surface area contributed by atoms with Crippen molar-refractivity contribution in [1.29, 1.82) is 0 Å². The maximum absolute atomic E-state index is 11.9. The van der Waals surface area contributed by atoms with Crippen molar-refractivity contribution in [3.8, 4) is 0 Å². The van der Waals surface area contributed by atoms with Crippen molar-refractivity contribution in [1.82, 2.24) is 5.32 Å². The second kappa shape index (κ2) is 6.83. The van der Waals surface area contributed by atoms with Crippen LogP contribution >= 0.6 is 11.6 Å². The van der Waals surface area contributed by atoms with Gasteiger partial charge in [-0.25, -0.2) is 4.79 Å². The molecule has 9 heteroatoms. The van der Waals surface area contributed by atoms with E-state index in [0.717, 1.165) is 19.2 Å². The van der Waals surface area contributed by atoms with Gasteiger partial charge in [0, 0.05) is 22.7 Å². The number of benzene rings is 1. The first kappa shape index (κ1) is 15.9. The summed E-state index contributed by atoms with van der Waals surface area (Å²) in [6, 6.07) is 2.04. The van der Waals surface area contributed by atoms with Crippen LogP contribution in [-0.4, -0.2) is 41.7 Å². The standard InChI is InChI=1S/C11H11ClN2O6/c1-20-11(17)9(5-15)13-10(16)6-2-7(12)4-8(3-6)14(18)19/h2-4,9,15H,5H2,1H3,(H,13,16). The number of aliphatic hydroxyl groups excluding tert-OH is 1. The fourth-order valence-electron chi connectivity index (χ4n) is 1.37. The van der Waals surface area contributed by atoms with Gasteiger partial charge in [0.05, 0.1) is 18.6 Å². The van der Waals surface area contributed by atoms with Crippen LogP contribution in [0.25, 0.3) is 0 Å². The second-order valence-corrected chi connectivity index (χ2v) is 4.12. The number of aliphatic hydroxyl groups is 1. The lowest BCUT2D eigenvalue weighted by molar-refractivity contribution is -0.384. The van der Waals surface area contributed by atoms with Crippen LogP contribution in [-0.2, 0) is 9.53 Å². The maximum Gasteiger partial charge on any atom is 0.330 e. The van der Waals surface area contributed by atoms with Crippen LogP contribution in [0.3, 0.4) is 0 Å². The molecule has 108 valence electrons. The molecule has 1 aromatic rings. The van der Waals surface area contributed by atoms with Crippen LogP contribution in [0.4, 0.5) is 5.69 Å². The number of rotatable bonds is 5. The first-order valence-electron chi connectivity index (χ1n) is 5.33. The van der Waals surface area contributed by atoms with E-state index in [4.69, 9.17) is 16.7 Å². The van der Waals surface area contributed by atoms with Crippen LogP contribution in [0.1, 0.15) is 10.4 Å². The van der Waals surface area contributed by atoms with Gasteiger partial charge in [0.1, 0.15) is 0 Å². The molecule has 20 heavy (non-hydrogen) atoms. The number of nitrogens with zero attached hydrogens (tertiary/aromatic N) is 1. The normalized spacial score (nSPS) is 11.6. The lowest BCUT2D eigenvalue weighted by atomic mass is 10.1. The minimum absolute atomic E-state index is 0.00275. The van der Waals surface area contributed by atoms with Gasteiger partial charge >= 0.3 is 5.97 Å². The van der Waals surface area contributed by atoms with E-state index in [1.54, 1.807) is 0 Å². The number of nitrogens with one attached hydrogen (secondary N) is 1. The van der Waals surface area contributed by atoms with Gasteiger partial charge in [0.25, 0.3) is 11.6 Å². The Bertz CT molecular complexity index is 548. The van der Waals surface area contributed by atoms with Crippen molar-refractivity contribution in [2.75, 3.05) is 13.7 Å². The molecule has 1 aromatic carbocycles. The van der Waals surface area contributed by atoms with Crippen molar-refractivity contribution in [2.24, 2.45) is 0 Å². The summed E-state index contributed by atoms with van der Waals surface area (Å²) in [7, 11) is 1.10. The Labute approximate surface area is 118 Å². The van der Waals surface area contributed by atoms with Gasteiger partial charge in [-0.1, -0.05) is 11.6 Å². The summed E-state index contributed by atoms with van der Waals surface area (Å²) in [5.41, 5.74) is -0.465. The van der Waals surface area contributed by atoms with Crippen LogP contribution in [0.2, 0.25) is 5.02 Å². The molecule has 0 aliphatic carbocycles. The third kappa shape index (κ3) is 3.90. The minimum atomic E-state index is -1.26. The van der Waals surface area contributed by atoms with Gasteiger partial charge in [-0.3, -0.25) is 14.9 Å². The zero-order chi connectivity index (χ0) is 15.3. The number of amides is 1. The molecular weight excluding hydrogens is 292 g/mol. The van der Waals surface area contributed by atoms with E-state index in [-0.39, 0.29) is 16.3 Å². The molecule has 0 radical (unpaired) electrons. The molecule has 1 rings (SSSR count). The lowest BCUT2D eigenvalue weighted by Gasteiger charge is -2.13. The highest BCUT2D eigenvalue weighted by Crippen LogP contribution is 2.20. The van der Waals surface area contributed by atoms with Gasteiger partial charge in [-0.2, -0.15) is 0 Å². The van der Waals surface area contributed by atoms with Gasteiger partial charge in [0.15, 0.2) is 6.04 Å². The smallest absolute Gasteiger partial charge is 0.330 e. The predicted molar refractivity (Wildman–Crippen MR) is 68.5 cm³/mol. The number of carbonyl (C=O) groups excluding carboxylic acids is 2. The highest BCUT2D eigenvalue weighted by Gasteiger charge is 2.22. The average Bonchev–Trinajstić information content (AvgIpc) is 2.42. The first-order chi connectivity index (χ1) is 9.38. The van der Waals surface area contributed by atoms with E-state index < -0.39 is 29.4 Å². The van der Waals surface area contributed by atoms with E-state index in [0.29, 0.717) is 0 Å². The molecule has 0 saturated heterocycles. The molecule has 2 N–H and O–H groups in total. The van der Waals surface area contributed by atoms with E-state index in [1.807, 2.05) is 0 Å². The zero-order valence-corrected chi connectivity index (χ0v) is 11.1. The number of nitro benzene ring substituents is 1. The summed E-state index contributed by atoms with van der Waals surface area (Å²) in [5.74, 6) is -1.63. The molecule has 0 aliphatic rings. The van der Waals surface area contributed by atoms with Crippen molar-refractivity contribution >= 4 is 29.2 Å². The summed E-state index contributed by atoms with van der Waals surface area (Å²) in [5, 5.41) is 21.8.